The summed E-state index contributed by atoms with van der Waals surface area (Å²) in [5.41, 5.74) is 2.06. The van der Waals surface area contributed by atoms with Crippen LogP contribution in [0, 0.1) is 19.7 Å². The maximum absolute atomic E-state index is 14.7. The number of halogens is 1. The number of aryl methyl sites for hydroxylation is 2. The summed E-state index contributed by atoms with van der Waals surface area (Å²) in [6, 6.07) is 6.07. The van der Waals surface area contributed by atoms with Crippen molar-refractivity contribution in [1.29, 1.82) is 0 Å². The fraction of sp³-hybridized carbons (Fsp3) is 0.316. The summed E-state index contributed by atoms with van der Waals surface area (Å²) in [6.07, 6.45) is 2.30. The molecule has 0 radical (unpaired) electrons. The van der Waals surface area contributed by atoms with Crippen LogP contribution in [0.4, 0.5) is 4.39 Å². The van der Waals surface area contributed by atoms with E-state index in [1.807, 2.05) is 0 Å². The normalized spacial score (nSPS) is 14.3. The molecule has 0 atom stereocenters. The van der Waals surface area contributed by atoms with Crippen LogP contribution in [-0.2, 0) is 4.79 Å². The average molecular weight is 357 g/mol. The molecule has 1 aliphatic rings. The van der Waals surface area contributed by atoms with Gasteiger partial charge >= 0.3 is 0 Å². The average Bonchev–Trinajstić information content (AvgIpc) is 2.60. The summed E-state index contributed by atoms with van der Waals surface area (Å²) < 4.78 is 16.1. The Morgan fingerprint density at radius 1 is 1.31 bits per heavy atom. The van der Waals surface area contributed by atoms with Crippen LogP contribution in [0.3, 0.4) is 0 Å². The lowest BCUT2D eigenvalue weighted by Crippen LogP contribution is -2.36. The van der Waals surface area contributed by atoms with E-state index in [1.165, 1.54) is 21.6 Å². The first-order valence-corrected chi connectivity index (χ1v) is 8.36. The van der Waals surface area contributed by atoms with Gasteiger partial charge in [0, 0.05) is 30.4 Å². The van der Waals surface area contributed by atoms with Gasteiger partial charge in [-0.3, -0.25) is 14.2 Å². The van der Waals surface area contributed by atoms with E-state index in [0.717, 1.165) is 5.57 Å². The molecule has 1 aromatic carbocycles. The molecule has 0 saturated heterocycles. The Hall–Kier alpha value is -2.80. The third-order valence-corrected chi connectivity index (χ3v) is 4.47. The van der Waals surface area contributed by atoms with Gasteiger partial charge in [-0.2, -0.15) is 0 Å². The van der Waals surface area contributed by atoms with E-state index in [2.05, 4.69) is 4.98 Å². The van der Waals surface area contributed by atoms with E-state index in [-0.39, 0.29) is 11.5 Å². The van der Waals surface area contributed by atoms with E-state index in [9.17, 15) is 14.0 Å². The number of aromatic nitrogens is 2. The second-order valence-electron chi connectivity index (χ2n) is 6.26. The van der Waals surface area contributed by atoms with Crippen molar-refractivity contribution in [3.8, 4) is 5.69 Å². The molecule has 0 spiro atoms. The van der Waals surface area contributed by atoms with Crippen molar-refractivity contribution in [1.82, 2.24) is 14.5 Å². The van der Waals surface area contributed by atoms with E-state index < -0.39 is 12.4 Å². The Bertz CT molecular complexity index is 950. The molecule has 26 heavy (non-hydrogen) atoms. The highest BCUT2D eigenvalue weighted by Crippen LogP contribution is 2.26. The summed E-state index contributed by atoms with van der Waals surface area (Å²) in [6.45, 7) is 3.70. The highest BCUT2D eigenvalue weighted by Gasteiger charge is 2.19. The summed E-state index contributed by atoms with van der Waals surface area (Å²) in [7, 11) is 0. The van der Waals surface area contributed by atoms with Gasteiger partial charge in [0.05, 0.1) is 5.69 Å². The summed E-state index contributed by atoms with van der Waals surface area (Å²) >= 11 is 0. The number of nitrogens with zero attached hydrogens (tertiary/aromatic N) is 3. The van der Waals surface area contributed by atoms with Crippen LogP contribution in [-0.4, -0.2) is 45.2 Å². The van der Waals surface area contributed by atoms with E-state index in [1.54, 1.807) is 32.1 Å². The van der Waals surface area contributed by atoms with Gasteiger partial charge in [-0.1, -0.05) is 6.08 Å². The highest BCUT2D eigenvalue weighted by atomic mass is 19.1. The lowest BCUT2D eigenvalue weighted by Gasteiger charge is -2.26. The van der Waals surface area contributed by atoms with Crippen molar-refractivity contribution in [2.45, 2.75) is 20.3 Å². The Labute approximate surface area is 150 Å². The predicted molar refractivity (Wildman–Crippen MR) is 95.5 cm³/mol. The van der Waals surface area contributed by atoms with Gasteiger partial charge in [0.1, 0.15) is 18.2 Å². The van der Waals surface area contributed by atoms with Gasteiger partial charge in [0.2, 0.25) is 5.91 Å². The number of aliphatic hydroxyl groups is 1. The molecule has 1 amide bonds. The summed E-state index contributed by atoms with van der Waals surface area (Å²) in [5, 5.41) is 8.91. The van der Waals surface area contributed by atoms with Crippen molar-refractivity contribution in [3.63, 3.8) is 0 Å². The summed E-state index contributed by atoms with van der Waals surface area (Å²) in [5.74, 6) is -0.266. The number of hydrogen-bond donors (Lipinski definition) is 1. The van der Waals surface area contributed by atoms with Crippen molar-refractivity contribution in [2.75, 3.05) is 19.7 Å². The predicted octanol–water partition coefficient (Wildman–Crippen LogP) is 1.60. The van der Waals surface area contributed by atoms with Crippen LogP contribution in [0.15, 0.2) is 35.1 Å². The zero-order valence-electron chi connectivity index (χ0n) is 14.7. The molecule has 1 aromatic heterocycles. The summed E-state index contributed by atoms with van der Waals surface area (Å²) in [4.78, 5) is 29.5. The molecule has 1 aliphatic heterocycles. The van der Waals surface area contributed by atoms with Crippen molar-refractivity contribution in [2.24, 2.45) is 0 Å². The maximum Gasteiger partial charge on any atom is 0.258 e. The van der Waals surface area contributed by atoms with Gasteiger partial charge in [-0.15, -0.1) is 0 Å². The van der Waals surface area contributed by atoms with Crippen LogP contribution in [0.2, 0.25) is 0 Å². The van der Waals surface area contributed by atoms with Crippen LogP contribution in [0.1, 0.15) is 23.5 Å². The molecule has 0 aliphatic carbocycles. The molecular weight excluding hydrogens is 337 g/mol. The molecule has 0 saturated carbocycles. The molecule has 1 N–H and O–H groups in total. The van der Waals surface area contributed by atoms with Crippen LogP contribution < -0.4 is 5.56 Å². The zero-order valence-corrected chi connectivity index (χ0v) is 14.7. The smallest absolute Gasteiger partial charge is 0.258 e. The molecule has 2 aromatic rings. The Balaban J connectivity index is 1.91. The van der Waals surface area contributed by atoms with Crippen LogP contribution in [0.25, 0.3) is 11.3 Å². The third kappa shape index (κ3) is 3.43. The minimum absolute atomic E-state index is 0.253. The van der Waals surface area contributed by atoms with Gasteiger partial charge in [-0.25, -0.2) is 9.37 Å². The molecule has 2 heterocycles. The lowest BCUT2D eigenvalue weighted by atomic mass is 9.98. The number of carbonyl (C=O) groups is 1. The largest absolute Gasteiger partial charge is 0.387 e. The molecule has 136 valence electrons. The minimum atomic E-state index is -0.523. The second-order valence-corrected chi connectivity index (χ2v) is 6.26. The van der Waals surface area contributed by atoms with Crippen molar-refractivity contribution >= 4 is 11.5 Å². The Morgan fingerprint density at radius 2 is 2.08 bits per heavy atom. The van der Waals surface area contributed by atoms with E-state index in [4.69, 9.17) is 5.11 Å². The number of carbonyl (C=O) groups excluding carboxylic acids is 1. The van der Waals surface area contributed by atoms with Crippen molar-refractivity contribution < 1.29 is 14.3 Å². The van der Waals surface area contributed by atoms with E-state index in [0.29, 0.717) is 42.3 Å². The quantitative estimate of drug-likeness (QED) is 0.905. The number of benzene rings is 1. The van der Waals surface area contributed by atoms with Gasteiger partial charge in [-0.05, 0) is 44.0 Å². The Morgan fingerprint density at radius 3 is 2.65 bits per heavy atom. The molecular formula is C19H20FN3O3. The number of hydrogen-bond acceptors (Lipinski definition) is 4. The number of aliphatic hydroxyl groups excluding tert-OH is 1. The molecule has 0 bridgehead atoms. The first kappa shape index (κ1) is 18.0. The minimum Gasteiger partial charge on any atom is -0.387 e. The topological polar surface area (TPSA) is 75.4 Å². The zero-order chi connectivity index (χ0) is 18.8. The van der Waals surface area contributed by atoms with Crippen LogP contribution >= 0.6 is 0 Å². The highest BCUT2D eigenvalue weighted by molar-refractivity contribution is 5.79. The Kier molecular flexibility index (Phi) is 4.99. The number of rotatable bonds is 3. The van der Waals surface area contributed by atoms with Gasteiger partial charge < -0.3 is 10.0 Å². The monoisotopic (exact) mass is 357 g/mol. The molecule has 3 rings (SSSR count). The fourth-order valence-corrected chi connectivity index (χ4v) is 3.20. The molecule has 0 fully saturated rings. The maximum atomic E-state index is 14.7. The third-order valence-electron chi connectivity index (χ3n) is 4.47. The van der Waals surface area contributed by atoms with Gasteiger partial charge in [0.25, 0.3) is 5.56 Å². The lowest BCUT2D eigenvalue weighted by molar-refractivity contribution is -0.133. The fourth-order valence-electron chi connectivity index (χ4n) is 3.20. The van der Waals surface area contributed by atoms with E-state index >= 15 is 0 Å². The van der Waals surface area contributed by atoms with Crippen LogP contribution in [0.5, 0.6) is 0 Å². The number of amides is 1. The first-order chi connectivity index (χ1) is 12.4. The standard InChI is InChI=1S/C19H20FN3O3/c1-12-9-18(25)23(13(2)21-12)15-3-4-16(17(20)10-15)14-5-7-22(8-6-14)19(26)11-24/h3-5,9-10,24H,6-8,11H2,1-2H3. The SMILES string of the molecule is Cc1cc(=O)n(-c2ccc(C3=CCN(C(=O)CO)CC3)c(F)c2)c(C)n1. The van der Waals surface area contributed by atoms with Crippen molar-refractivity contribution in [3.05, 3.63) is 63.6 Å². The molecule has 6 nitrogen and oxygen atoms in total. The molecule has 7 heteroatoms. The van der Waals surface area contributed by atoms with Gasteiger partial charge in [0.15, 0.2) is 0 Å². The first-order valence-electron chi connectivity index (χ1n) is 8.36. The second kappa shape index (κ2) is 7.21. The molecule has 0 unspecified atom stereocenters.